The summed E-state index contributed by atoms with van der Waals surface area (Å²) in [6.45, 7) is 6.00. The summed E-state index contributed by atoms with van der Waals surface area (Å²) < 4.78 is 0. The zero-order valence-electron chi connectivity index (χ0n) is 14.8. The van der Waals surface area contributed by atoms with Gasteiger partial charge in [-0.2, -0.15) is 0 Å². The van der Waals surface area contributed by atoms with E-state index in [4.69, 9.17) is 0 Å². The van der Waals surface area contributed by atoms with Crippen LogP contribution < -0.4 is 4.90 Å². The van der Waals surface area contributed by atoms with Gasteiger partial charge < -0.3 is 9.80 Å². The van der Waals surface area contributed by atoms with Crippen LogP contribution in [0.5, 0.6) is 0 Å². The lowest BCUT2D eigenvalue weighted by Crippen LogP contribution is -2.29. The van der Waals surface area contributed by atoms with Crippen LogP contribution in [0.2, 0.25) is 0 Å². The van der Waals surface area contributed by atoms with Crippen molar-refractivity contribution in [1.82, 2.24) is 4.90 Å². The lowest BCUT2D eigenvalue weighted by Gasteiger charge is -2.25. The third-order valence-electron chi connectivity index (χ3n) is 4.07. The molecule has 2 aromatic carbocycles. The van der Waals surface area contributed by atoms with Crippen molar-refractivity contribution >= 4 is 12.0 Å². The van der Waals surface area contributed by atoms with Gasteiger partial charge in [-0.1, -0.05) is 29.8 Å². The standard InChI is InChI=1S/C20H26N2O/c1-15-7-6-8-17(11-15)18-12-16(2)20(19(13-18)14-23)22(5)10-9-21(3)4/h6-8,11-14H,9-10H2,1-5H3. The lowest BCUT2D eigenvalue weighted by molar-refractivity contribution is 0.112. The Morgan fingerprint density at radius 2 is 1.70 bits per heavy atom. The average molecular weight is 310 g/mol. The van der Waals surface area contributed by atoms with E-state index in [1.807, 2.05) is 13.1 Å². The van der Waals surface area contributed by atoms with Gasteiger partial charge >= 0.3 is 0 Å². The molecule has 0 aromatic heterocycles. The SMILES string of the molecule is Cc1cccc(-c2cc(C)c(N(C)CCN(C)C)c(C=O)c2)c1. The van der Waals surface area contributed by atoms with E-state index in [9.17, 15) is 4.79 Å². The minimum Gasteiger partial charge on any atom is -0.373 e. The van der Waals surface area contributed by atoms with Crippen LogP contribution >= 0.6 is 0 Å². The van der Waals surface area contributed by atoms with Crippen LogP contribution in [0, 0.1) is 13.8 Å². The van der Waals surface area contributed by atoms with E-state index in [0.717, 1.165) is 47.3 Å². The van der Waals surface area contributed by atoms with Gasteiger partial charge in [0.25, 0.3) is 0 Å². The molecule has 0 radical (unpaired) electrons. The highest BCUT2D eigenvalue weighted by atomic mass is 16.1. The van der Waals surface area contributed by atoms with E-state index in [1.54, 1.807) is 0 Å². The van der Waals surface area contributed by atoms with Gasteiger partial charge in [-0.3, -0.25) is 4.79 Å². The molecule has 0 amide bonds. The third kappa shape index (κ3) is 4.20. The number of likely N-dealkylation sites (N-methyl/N-ethyl adjacent to an activating group) is 2. The fraction of sp³-hybridized carbons (Fsp3) is 0.350. The maximum absolute atomic E-state index is 11.6. The van der Waals surface area contributed by atoms with Crippen molar-refractivity contribution in [1.29, 1.82) is 0 Å². The van der Waals surface area contributed by atoms with E-state index in [2.05, 4.69) is 68.1 Å². The molecule has 23 heavy (non-hydrogen) atoms. The maximum atomic E-state index is 11.6. The molecular formula is C20H26N2O. The summed E-state index contributed by atoms with van der Waals surface area (Å²) >= 11 is 0. The number of nitrogens with zero attached hydrogens (tertiary/aromatic N) is 2. The minimum absolute atomic E-state index is 0.753. The number of anilines is 1. The van der Waals surface area contributed by atoms with Crippen molar-refractivity contribution in [2.75, 3.05) is 39.1 Å². The van der Waals surface area contributed by atoms with Crippen molar-refractivity contribution in [3.8, 4) is 11.1 Å². The first-order chi connectivity index (χ1) is 10.9. The van der Waals surface area contributed by atoms with Crippen molar-refractivity contribution in [3.63, 3.8) is 0 Å². The fourth-order valence-electron chi connectivity index (χ4n) is 2.87. The lowest BCUT2D eigenvalue weighted by atomic mass is 9.97. The van der Waals surface area contributed by atoms with Crippen molar-refractivity contribution in [2.24, 2.45) is 0 Å². The number of carbonyl (C=O) groups is 1. The zero-order chi connectivity index (χ0) is 17.0. The van der Waals surface area contributed by atoms with Crippen molar-refractivity contribution in [2.45, 2.75) is 13.8 Å². The molecule has 0 saturated carbocycles. The molecule has 0 bridgehead atoms. The Hall–Kier alpha value is -2.13. The number of benzene rings is 2. The molecule has 2 rings (SSSR count). The summed E-state index contributed by atoms with van der Waals surface area (Å²) in [5, 5.41) is 0. The molecule has 0 saturated heterocycles. The normalized spacial score (nSPS) is 10.9. The molecule has 0 N–H and O–H groups in total. The van der Waals surface area contributed by atoms with E-state index in [-0.39, 0.29) is 0 Å². The monoisotopic (exact) mass is 310 g/mol. The zero-order valence-corrected chi connectivity index (χ0v) is 14.8. The number of rotatable bonds is 6. The molecule has 0 heterocycles. The summed E-state index contributed by atoms with van der Waals surface area (Å²) in [7, 11) is 6.16. The number of aldehydes is 1. The summed E-state index contributed by atoms with van der Waals surface area (Å²) in [6, 6.07) is 12.5. The molecule has 0 spiro atoms. The Morgan fingerprint density at radius 3 is 2.30 bits per heavy atom. The Balaban J connectivity index is 2.41. The van der Waals surface area contributed by atoms with Crippen LogP contribution in [0.3, 0.4) is 0 Å². The smallest absolute Gasteiger partial charge is 0.152 e. The summed E-state index contributed by atoms with van der Waals surface area (Å²) in [5.74, 6) is 0. The van der Waals surface area contributed by atoms with Crippen LogP contribution in [-0.4, -0.2) is 45.4 Å². The quantitative estimate of drug-likeness (QED) is 0.759. The van der Waals surface area contributed by atoms with Crippen molar-refractivity contribution in [3.05, 3.63) is 53.1 Å². The molecule has 0 aliphatic heterocycles. The van der Waals surface area contributed by atoms with Gasteiger partial charge in [-0.05, 0) is 56.8 Å². The summed E-state index contributed by atoms with van der Waals surface area (Å²) in [5.41, 5.74) is 6.38. The van der Waals surface area contributed by atoms with Gasteiger partial charge in [0.05, 0.1) is 5.69 Å². The van der Waals surface area contributed by atoms with Gasteiger partial charge in [0.1, 0.15) is 0 Å². The predicted octanol–water partition coefficient (Wildman–Crippen LogP) is 3.78. The van der Waals surface area contributed by atoms with Crippen LogP contribution in [0.15, 0.2) is 36.4 Å². The first-order valence-corrected chi connectivity index (χ1v) is 7.95. The largest absolute Gasteiger partial charge is 0.373 e. The molecule has 0 aliphatic carbocycles. The minimum atomic E-state index is 0.753. The topological polar surface area (TPSA) is 23.6 Å². The number of aryl methyl sites for hydroxylation is 2. The van der Waals surface area contributed by atoms with Gasteiger partial charge in [0.2, 0.25) is 0 Å². The first kappa shape index (κ1) is 17.2. The number of hydrogen-bond donors (Lipinski definition) is 0. The molecule has 122 valence electrons. The van der Waals surface area contributed by atoms with Gasteiger partial charge in [0.15, 0.2) is 6.29 Å². The molecule has 3 nitrogen and oxygen atoms in total. The fourth-order valence-corrected chi connectivity index (χ4v) is 2.87. The second kappa shape index (κ2) is 7.42. The van der Waals surface area contributed by atoms with E-state index in [0.29, 0.717) is 0 Å². The van der Waals surface area contributed by atoms with E-state index < -0.39 is 0 Å². The Bertz CT molecular complexity index is 692. The summed E-state index contributed by atoms with van der Waals surface area (Å²) in [4.78, 5) is 15.9. The Labute approximate surface area is 139 Å². The molecule has 2 aromatic rings. The predicted molar refractivity (Wildman–Crippen MR) is 98.6 cm³/mol. The molecule has 0 atom stereocenters. The van der Waals surface area contributed by atoms with Gasteiger partial charge in [0, 0.05) is 25.7 Å². The highest BCUT2D eigenvalue weighted by Gasteiger charge is 2.13. The second-order valence-electron chi connectivity index (χ2n) is 6.44. The summed E-state index contributed by atoms with van der Waals surface area (Å²) in [6.07, 6.45) is 0.966. The van der Waals surface area contributed by atoms with Gasteiger partial charge in [-0.15, -0.1) is 0 Å². The third-order valence-corrected chi connectivity index (χ3v) is 4.07. The van der Waals surface area contributed by atoms with Crippen LogP contribution in [0.4, 0.5) is 5.69 Å². The average Bonchev–Trinajstić information content (AvgIpc) is 2.51. The number of carbonyl (C=O) groups excluding carboxylic acids is 1. The van der Waals surface area contributed by atoms with Crippen molar-refractivity contribution < 1.29 is 4.79 Å². The molecular weight excluding hydrogens is 284 g/mol. The van der Waals surface area contributed by atoms with Crippen LogP contribution in [0.25, 0.3) is 11.1 Å². The molecule has 0 aliphatic rings. The molecule has 0 fully saturated rings. The Kier molecular flexibility index (Phi) is 5.56. The Morgan fingerprint density at radius 1 is 0.957 bits per heavy atom. The van der Waals surface area contributed by atoms with E-state index in [1.165, 1.54) is 5.56 Å². The maximum Gasteiger partial charge on any atom is 0.152 e. The van der Waals surface area contributed by atoms with E-state index >= 15 is 0 Å². The first-order valence-electron chi connectivity index (χ1n) is 7.95. The number of hydrogen-bond acceptors (Lipinski definition) is 3. The van der Waals surface area contributed by atoms with Crippen LogP contribution in [0.1, 0.15) is 21.5 Å². The molecule has 0 unspecified atom stereocenters. The highest BCUT2D eigenvalue weighted by Crippen LogP contribution is 2.30. The molecule has 3 heteroatoms. The second-order valence-corrected chi connectivity index (χ2v) is 6.44. The van der Waals surface area contributed by atoms with Crippen LogP contribution in [-0.2, 0) is 0 Å². The van der Waals surface area contributed by atoms with Gasteiger partial charge in [-0.25, -0.2) is 0 Å². The highest BCUT2D eigenvalue weighted by molar-refractivity contribution is 5.89.